The Hall–Kier alpha value is -2.90. The average molecular weight is 398 g/mol. The molecule has 2 heterocycles. The van der Waals surface area contributed by atoms with E-state index in [4.69, 9.17) is 18.9 Å². The molecule has 7 nitrogen and oxygen atoms in total. The van der Waals surface area contributed by atoms with Crippen LogP contribution in [0.2, 0.25) is 0 Å². The number of benzene rings is 2. The maximum Gasteiger partial charge on any atom is 0.231 e. The van der Waals surface area contributed by atoms with Crippen LogP contribution in [-0.4, -0.2) is 44.7 Å². The number of nitrogens with one attached hydrogen (secondary N) is 1. The Bertz CT molecular complexity index is 928. The second-order valence-corrected chi connectivity index (χ2v) is 7.19. The van der Waals surface area contributed by atoms with Gasteiger partial charge in [0.25, 0.3) is 0 Å². The number of likely N-dealkylation sites (N-methyl/N-ethyl adjacent to an activating group) is 1. The van der Waals surface area contributed by atoms with Crippen LogP contribution in [0.1, 0.15) is 29.2 Å². The lowest BCUT2D eigenvalue weighted by atomic mass is 9.88. The van der Waals surface area contributed by atoms with Gasteiger partial charge in [0, 0.05) is 35.8 Å². The van der Waals surface area contributed by atoms with Crippen LogP contribution in [0, 0.1) is 0 Å². The van der Waals surface area contributed by atoms with Crippen LogP contribution >= 0.6 is 0 Å². The zero-order valence-corrected chi connectivity index (χ0v) is 16.9. The largest absolute Gasteiger partial charge is 0.496 e. The Morgan fingerprint density at radius 2 is 2.10 bits per heavy atom. The van der Waals surface area contributed by atoms with E-state index in [0.717, 1.165) is 35.6 Å². The van der Waals surface area contributed by atoms with Crippen molar-refractivity contribution in [1.82, 2.24) is 10.4 Å². The van der Waals surface area contributed by atoms with Crippen LogP contribution in [0.3, 0.4) is 0 Å². The van der Waals surface area contributed by atoms with E-state index in [-0.39, 0.29) is 12.8 Å². The molecular weight excluding hydrogens is 372 g/mol. The van der Waals surface area contributed by atoms with Gasteiger partial charge in [-0.1, -0.05) is 18.2 Å². The van der Waals surface area contributed by atoms with E-state index in [1.54, 1.807) is 14.2 Å². The molecule has 154 valence electrons. The van der Waals surface area contributed by atoms with Crippen LogP contribution in [0.25, 0.3) is 6.08 Å². The van der Waals surface area contributed by atoms with Gasteiger partial charge in [0.05, 0.1) is 14.2 Å². The van der Waals surface area contributed by atoms with E-state index in [0.29, 0.717) is 23.6 Å². The van der Waals surface area contributed by atoms with Crippen LogP contribution in [0.5, 0.6) is 23.0 Å². The van der Waals surface area contributed by atoms with Gasteiger partial charge in [0.15, 0.2) is 11.5 Å². The molecule has 29 heavy (non-hydrogen) atoms. The van der Waals surface area contributed by atoms with Crippen molar-refractivity contribution in [2.45, 2.75) is 18.9 Å². The van der Waals surface area contributed by atoms with Crippen molar-refractivity contribution in [2.24, 2.45) is 0 Å². The molecule has 0 bridgehead atoms. The van der Waals surface area contributed by atoms with Gasteiger partial charge in [0.2, 0.25) is 12.5 Å². The van der Waals surface area contributed by atoms with Crippen molar-refractivity contribution < 1.29 is 24.2 Å². The number of ether oxygens (including phenoxy) is 4. The fourth-order valence-electron chi connectivity index (χ4n) is 4.10. The molecule has 0 radical (unpaired) electrons. The van der Waals surface area contributed by atoms with E-state index in [9.17, 15) is 5.21 Å². The Kier molecular flexibility index (Phi) is 5.51. The van der Waals surface area contributed by atoms with Gasteiger partial charge in [-0.25, -0.2) is 0 Å². The molecule has 0 saturated carbocycles. The molecule has 7 heteroatoms. The third kappa shape index (κ3) is 3.59. The van der Waals surface area contributed by atoms with Crippen molar-refractivity contribution in [3.8, 4) is 23.0 Å². The summed E-state index contributed by atoms with van der Waals surface area (Å²) in [5.74, 6) is 2.84. The monoisotopic (exact) mass is 398 g/mol. The molecule has 2 aromatic carbocycles. The quantitative estimate of drug-likeness (QED) is 0.723. The summed E-state index contributed by atoms with van der Waals surface area (Å²) >= 11 is 0. The second kappa shape index (κ2) is 8.23. The normalized spacial score (nSPS) is 18.3. The summed E-state index contributed by atoms with van der Waals surface area (Å²) in [5.41, 5.74) is 6.20. The van der Waals surface area contributed by atoms with Crippen molar-refractivity contribution >= 4 is 6.08 Å². The SMILES string of the molecule is COc1ccccc1/C=C(/C[C@H]1c2c(cc3c(c2OC)OCO3)CCN1C)NO. The fraction of sp³-hybridized carbons (Fsp3) is 0.364. The number of rotatable bonds is 6. The van der Waals surface area contributed by atoms with Crippen molar-refractivity contribution in [3.05, 3.63) is 52.7 Å². The molecule has 0 amide bonds. The first-order valence-electron chi connectivity index (χ1n) is 9.59. The minimum absolute atomic E-state index is 0.00353. The molecular formula is C22H26N2O5. The Morgan fingerprint density at radius 3 is 2.86 bits per heavy atom. The highest BCUT2D eigenvalue weighted by molar-refractivity contribution is 5.63. The second-order valence-electron chi connectivity index (χ2n) is 7.19. The highest BCUT2D eigenvalue weighted by atomic mass is 16.7. The molecule has 0 unspecified atom stereocenters. The fourth-order valence-corrected chi connectivity index (χ4v) is 4.10. The molecule has 0 spiro atoms. The van der Waals surface area contributed by atoms with E-state index in [2.05, 4.69) is 23.5 Å². The van der Waals surface area contributed by atoms with Gasteiger partial charge in [-0.15, -0.1) is 0 Å². The van der Waals surface area contributed by atoms with Gasteiger partial charge in [-0.2, -0.15) is 0 Å². The molecule has 2 aliphatic rings. The number of fused-ring (bicyclic) bond motifs is 2. The maximum atomic E-state index is 9.84. The minimum atomic E-state index is 0.00353. The molecule has 2 N–H and O–H groups in total. The molecule has 0 fully saturated rings. The highest BCUT2D eigenvalue weighted by Gasteiger charge is 2.34. The number of hydrogen-bond donors (Lipinski definition) is 2. The predicted octanol–water partition coefficient (Wildman–Crippen LogP) is 3.37. The third-order valence-electron chi connectivity index (χ3n) is 5.57. The zero-order chi connectivity index (χ0) is 20.4. The molecule has 2 aromatic rings. The van der Waals surface area contributed by atoms with E-state index < -0.39 is 0 Å². The lowest BCUT2D eigenvalue weighted by Crippen LogP contribution is -2.33. The lowest BCUT2D eigenvalue weighted by Gasteiger charge is -2.36. The minimum Gasteiger partial charge on any atom is -0.496 e. The van der Waals surface area contributed by atoms with Crippen molar-refractivity contribution in [1.29, 1.82) is 0 Å². The summed E-state index contributed by atoms with van der Waals surface area (Å²) in [6, 6.07) is 9.76. The smallest absolute Gasteiger partial charge is 0.231 e. The average Bonchev–Trinajstić information content (AvgIpc) is 3.22. The van der Waals surface area contributed by atoms with Gasteiger partial charge in [0.1, 0.15) is 5.75 Å². The first-order chi connectivity index (χ1) is 14.2. The Balaban J connectivity index is 1.73. The summed E-state index contributed by atoms with van der Waals surface area (Å²) in [7, 11) is 5.37. The predicted molar refractivity (Wildman–Crippen MR) is 109 cm³/mol. The standard InChI is InChI=1S/C22H26N2O5/c1-24-9-8-15-11-19-21(29-13-28-19)22(27-3)20(15)17(24)12-16(23-25)10-14-6-4-5-7-18(14)26-2/h4-7,10-11,17,23,25H,8-9,12-13H2,1-3H3/b16-10-/t17-/m0/s1. The molecule has 0 aliphatic carbocycles. The van der Waals surface area contributed by atoms with Gasteiger partial charge in [-0.3, -0.25) is 15.6 Å². The van der Waals surface area contributed by atoms with Crippen LogP contribution < -0.4 is 24.4 Å². The number of nitrogens with zero attached hydrogens (tertiary/aromatic N) is 1. The first-order valence-corrected chi connectivity index (χ1v) is 9.59. The number of methoxy groups -OCH3 is 2. The van der Waals surface area contributed by atoms with Crippen molar-refractivity contribution in [2.75, 3.05) is 34.6 Å². The zero-order valence-electron chi connectivity index (χ0n) is 16.9. The molecule has 0 saturated heterocycles. The summed E-state index contributed by atoms with van der Waals surface area (Å²) < 4.78 is 22.4. The molecule has 4 rings (SSSR count). The summed E-state index contributed by atoms with van der Waals surface area (Å²) in [4.78, 5) is 2.26. The van der Waals surface area contributed by atoms with Gasteiger partial charge >= 0.3 is 0 Å². The number of para-hydroxylation sites is 1. The van der Waals surface area contributed by atoms with Gasteiger partial charge < -0.3 is 18.9 Å². The number of hydroxylamine groups is 1. The molecule has 0 aromatic heterocycles. The molecule has 2 aliphatic heterocycles. The van der Waals surface area contributed by atoms with Crippen LogP contribution in [0.4, 0.5) is 0 Å². The Morgan fingerprint density at radius 1 is 1.28 bits per heavy atom. The third-order valence-corrected chi connectivity index (χ3v) is 5.57. The highest BCUT2D eigenvalue weighted by Crippen LogP contribution is 2.50. The molecule has 1 atom stereocenters. The topological polar surface area (TPSA) is 72.4 Å². The van der Waals surface area contributed by atoms with Crippen LogP contribution in [0.15, 0.2) is 36.0 Å². The van der Waals surface area contributed by atoms with E-state index in [1.807, 2.05) is 30.3 Å². The first kappa shape index (κ1) is 19.4. The Labute approximate surface area is 170 Å². The lowest BCUT2D eigenvalue weighted by molar-refractivity contribution is 0.168. The summed E-state index contributed by atoms with van der Waals surface area (Å²) in [5, 5.41) is 9.84. The summed E-state index contributed by atoms with van der Waals surface area (Å²) in [6.07, 6.45) is 3.36. The van der Waals surface area contributed by atoms with Crippen LogP contribution in [-0.2, 0) is 6.42 Å². The van der Waals surface area contributed by atoms with E-state index >= 15 is 0 Å². The van der Waals surface area contributed by atoms with Gasteiger partial charge in [-0.05, 0) is 37.2 Å². The van der Waals surface area contributed by atoms with E-state index in [1.165, 1.54) is 5.56 Å². The number of hydrogen-bond acceptors (Lipinski definition) is 7. The summed E-state index contributed by atoms with van der Waals surface area (Å²) in [6.45, 7) is 1.10. The van der Waals surface area contributed by atoms with Crippen molar-refractivity contribution in [3.63, 3.8) is 0 Å². The maximum absolute atomic E-state index is 9.84.